The van der Waals surface area contributed by atoms with E-state index >= 15 is 0 Å². The number of ketones is 2. The van der Waals surface area contributed by atoms with Crippen molar-refractivity contribution in [1.82, 2.24) is 0 Å². The maximum Gasteiger partial charge on any atom is 0.355 e. The van der Waals surface area contributed by atoms with E-state index in [2.05, 4.69) is 0 Å². The lowest BCUT2D eigenvalue weighted by Gasteiger charge is -2.25. The molecule has 7 heteroatoms. The van der Waals surface area contributed by atoms with Crippen molar-refractivity contribution >= 4 is 23.5 Å². The quantitative estimate of drug-likeness (QED) is 0.593. The van der Waals surface area contributed by atoms with Crippen LogP contribution in [0.2, 0.25) is 0 Å². The van der Waals surface area contributed by atoms with E-state index in [4.69, 9.17) is 14.2 Å². The highest BCUT2D eigenvalue weighted by Gasteiger charge is 2.37. The van der Waals surface area contributed by atoms with E-state index < -0.39 is 24.1 Å². The van der Waals surface area contributed by atoms with Crippen LogP contribution in [0.4, 0.5) is 0 Å². The molecule has 0 saturated heterocycles. The Kier molecular flexibility index (Phi) is 4.19. The standard InChI is InChI=1S/C20H14O7/c21-13-9-17(25-15-7-3-1-5-11(13)15)19(23)27-20(24)18-10-14(22)12-6-2-4-8-16(12)26-18/h1-8,17-18H,9-10H2/t17-,18?/m0/s1. The van der Waals surface area contributed by atoms with Gasteiger partial charge in [0.15, 0.2) is 11.6 Å². The summed E-state index contributed by atoms with van der Waals surface area (Å²) in [5, 5.41) is 0. The molecule has 27 heavy (non-hydrogen) atoms. The predicted molar refractivity (Wildman–Crippen MR) is 90.7 cm³/mol. The molecule has 2 aromatic carbocycles. The van der Waals surface area contributed by atoms with Gasteiger partial charge in [-0.2, -0.15) is 0 Å². The van der Waals surface area contributed by atoms with Gasteiger partial charge < -0.3 is 14.2 Å². The number of carbonyl (C=O) groups is 4. The molecule has 0 aromatic heterocycles. The first-order valence-electron chi connectivity index (χ1n) is 8.36. The van der Waals surface area contributed by atoms with Crippen LogP contribution in [0.25, 0.3) is 0 Å². The number of rotatable bonds is 2. The van der Waals surface area contributed by atoms with Crippen molar-refractivity contribution in [3.8, 4) is 11.5 Å². The number of Topliss-reactive ketones (excluding diaryl/α,β-unsaturated/α-hetero) is 2. The molecule has 0 fully saturated rings. The molecule has 0 N–H and O–H groups in total. The van der Waals surface area contributed by atoms with Gasteiger partial charge in [-0.15, -0.1) is 0 Å². The molecule has 2 heterocycles. The molecule has 0 bridgehead atoms. The largest absolute Gasteiger partial charge is 0.477 e. The topological polar surface area (TPSA) is 96.0 Å². The molecule has 7 nitrogen and oxygen atoms in total. The van der Waals surface area contributed by atoms with E-state index in [9.17, 15) is 19.2 Å². The average molecular weight is 366 g/mol. The van der Waals surface area contributed by atoms with E-state index in [1.807, 2.05) is 0 Å². The summed E-state index contributed by atoms with van der Waals surface area (Å²) in [6, 6.07) is 13.1. The van der Waals surface area contributed by atoms with Crippen LogP contribution in [0.1, 0.15) is 33.6 Å². The summed E-state index contributed by atoms with van der Waals surface area (Å²) < 4.78 is 15.8. The number of esters is 2. The highest BCUT2D eigenvalue weighted by Crippen LogP contribution is 2.29. The van der Waals surface area contributed by atoms with Crippen LogP contribution in [0, 0.1) is 0 Å². The van der Waals surface area contributed by atoms with Gasteiger partial charge in [0.1, 0.15) is 11.5 Å². The second kappa shape index (κ2) is 6.68. The minimum atomic E-state index is -1.22. The first-order valence-corrected chi connectivity index (χ1v) is 8.36. The highest BCUT2D eigenvalue weighted by molar-refractivity contribution is 6.05. The monoisotopic (exact) mass is 366 g/mol. The number of ether oxygens (including phenoxy) is 3. The zero-order chi connectivity index (χ0) is 19.0. The Morgan fingerprint density at radius 3 is 1.59 bits per heavy atom. The van der Waals surface area contributed by atoms with Gasteiger partial charge >= 0.3 is 11.9 Å². The molecule has 2 aromatic rings. The summed E-state index contributed by atoms with van der Waals surface area (Å²) in [5.74, 6) is -1.99. The molecule has 1 unspecified atom stereocenters. The molecule has 4 rings (SSSR count). The van der Waals surface area contributed by atoms with Crippen LogP contribution >= 0.6 is 0 Å². The number of benzene rings is 2. The molecule has 0 radical (unpaired) electrons. The van der Waals surface area contributed by atoms with Crippen molar-refractivity contribution in [2.24, 2.45) is 0 Å². The fraction of sp³-hybridized carbons (Fsp3) is 0.200. The normalized spacial score (nSPS) is 20.6. The Hall–Kier alpha value is -3.48. The van der Waals surface area contributed by atoms with Crippen molar-refractivity contribution in [2.75, 3.05) is 0 Å². The molecule has 0 aliphatic carbocycles. The van der Waals surface area contributed by atoms with Crippen LogP contribution in [0.5, 0.6) is 11.5 Å². The summed E-state index contributed by atoms with van der Waals surface area (Å²) in [4.78, 5) is 48.8. The smallest absolute Gasteiger partial charge is 0.355 e. The van der Waals surface area contributed by atoms with Crippen LogP contribution in [-0.4, -0.2) is 35.7 Å². The van der Waals surface area contributed by atoms with Gasteiger partial charge in [-0.05, 0) is 24.3 Å². The Bertz CT molecular complexity index is 885. The Morgan fingerprint density at radius 1 is 0.741 bits per heavy atom. The molecular weight excluding hydrogens is 352 g/mol. The number of para-hydroxylation sites is 2. The van der Waals surface area contributed by atoms with Gasteiger partial charge in [-0.1, -0.05) is 24.3 Å². The van der Waals surface area contributed by atoms with Crippen molar-refractivity contribution in [2.45, 2.75) is 25.0 Å². The highest BCUT2D eigenvalue weighted by atomic mass is 16.6. The summed E-state index contributed by atoms with van der Waals surface area (Å²) in [6.45, 7) is 0. The summed E-state index contributed by atoms with van der Waals surface area (Å²) in [7, 11) is 0. The Morgan fingerprint density at radius 2 is 1.15 bits per heavy atom. The summed E-state index contributed by atoms with van der Waals surface area (Å²) in [6.07, 6.45) is -2.89. The first-order chi connectivity index (χ1) is 13.0. The van der Waals surface area contributed by atoms with Crippen LogP contribution in [0.3, 0.4) is 0 Å². The molecule has 0 amide bonds. The summed E-state index contributed by atoms with van der Waals surface area (Å²) >= 11 is 0. The molecule has 2 atom stereocenters. The molecule has 136 valence electrons. The summed E-state index contributed by atoms with van der Waals surface area (Å²) in [5.41, 5.74) is 0.761. The maximum atomic E-state index is 12.3. The molecule has 0 saturated carbocycles. The Labute approximate surface area is 153 Å². The average Bonchev–Trinajstić information content (AvgIpc) is 2.68. The fourth-order valence-electron chi connectivity index (χ4n) is 3.04. The minimum Gasteiger partial charge on any atom is -0.477 e. The lowest BCUT2D eigenvalue weighted by atomic mass is 10.0. The zero-order valence-corrected chi connectivity index (χ0v) is 14.0. The fourth-order valence-corrected chi connectivity index (χ4v) is 3.04. The molecule has 2 aliphatic rings. The van der Waals surface area contributed by atoms with Gasteiger partial charge in [0.25, 0.3) is 0 Å². The third-order valence-corrected chi connectivity index (χ3v) is 4.38. The third kappa shape index (κ3) is 3.19. The van der Waals surface area contributed by atoms with Crippen LogP contribution < -0.4 is 9.47 Å². The lowest BCUT2D eigenvalue weighted by Crippen LogP contribution is -2.41. The number of fused-ring (bicyclic) bond motifs is 2. The van der Waals surface area contributed by atoms with Crippen LogP contribution in [-0.2, 0) is 14.3 Å². The van der Waals surface area contributed by atoms with E-state index in [1.165, 1.54) is 0 Å². The molecule has 2 aliphatic heterocycles. The van der Waals surface area contributed by atoms with Crippen molar-refractivity contribution in [3.05, 3.63) is 59.7 Å². The minimum absolute atomic E-state index is 0.226. The maximum absolute atomic E-state index is 12.3. The second-order valence-electron chi connectivity index (χ2n) is 6.20. The lowest BCUT2D eigenvalue weighted by molar-refractivity contribution is -0.169. The van der Waals surface area contributed by atoms with Gasteiger partial charge in [0.2, 0.25) is 12.2 Å². The van der Waals surface area contributed by atoms with Crippen molar-refractivity contribution in [3.63, 3.8) is 0 Å². The zero-order valence-electron chi connectivity index (χ0n) is 14.0. The van der Waals surface area contributed by atoms with Crippen LogP contribution in [0.15, 0.2) is 48.5 Å². The Balaban J connectivity index is 1.44. The van der Waals surface area contributed by atoms with Crippen molar-refractivity contribution in [1.29, 1.82) is 0 Å². The third-order valence-electron chi connectivity index (χ3n) is 4.38. The van der Waals surface area contributed by atoms with Gasteiger partial charge in [-0.3, -0.25) is 9.59 Å². The van der Waals surface area contributed by atoms with Gasteiger partial charge in [-0.25, -0.2) is 9.59 Å². The van der Waals surface area contributed by atoms with Gasteiger partial charge in [0.05, 0.1) is 24.0 Å². The molecular formula is C20H14O7. The van der Waals surface area contributed by atoms with E-state index in [-0.39, 0.29) is 35.9 Å². The SMILES string of the molecule is O=C1CC(C(=O)OC(=O)[C@@H]2CC(=O)c3ccccc3O2)Oc2ccccc21. The molecule has 0 spiro atoms. The van der Waals surface area contributed by atoms with E-state index in [1.54, 1.807) is 48.5 Å². The number of hydrogen-bond donors (Lipinski definition) is 0. The number of carbonyl (C=O) groups excluding carboxylic acids is 4. The van der Waals surface area contributed by atoms with E-state index in [0.29, 0.717) is 11.1 Å². The van der Waals surface area contributed by atoms with Gasteiger partial charge in [0, 0.05) is 0 Å². The second-order valence-corrected chi connectivity index (χ2v) is 6.20. The van der Waals surface area contributed by atoms with Crippen molar-refractivity contribution < 1.29 is 33.4 Å². The van der Waals surface area contributed by atoms with E-state index in [0.717, 1.165) is 0 Å². The number of hydrogen-bond acceptors (Lipinski definition) is 7. The predicted octanol–water partition coefficient (Wildman–Crippen LogP) is 2.12. The first kappa shape index (κ1) is 17.0.